The fourth-order valence-corrected chi connectivity index (χ4v) is 9.82. The predicted molar refractivity (Wildman–Crippen MR) is 128 cm³/mol. The normalized spacial score (nSPS) is 33.0. The molecule has 0 radical (unpaired) electrons. The molecule has 0 unspecified atom stereocenters. The van der Waals surface area contributed by atoms with Crippen LogP contribution in [-0.2, 0) is 5.41 Å². The molecule has 0 N–H and O–H groups in total. The van der Waals surface area contributed by atoms with Crippen molar-refractivity contribution in [2.24, 2.45) is 23.7 Å². The van der Waals surface area contributed by atoms with Crippen LogP contribution < -0.4 is 0 Å². The first-order valence-corrected chi connectivity index (χ1v) is 12.7. The van der Waals surface area contributed by atoms with Gasteiger partial charge in [0, 0.05) is 36.2 Å². The van der Waals surface area contributed by atoms with Gasteiger partial charge in [0.2, 0.25) is 0 Å². The van der Waals surface area contributed by atoms with E-state index in [1.165, 1.54) is 63.4 Å². The number of thiophene rings is 1. The van der Waals surface area contributed by atoms with Crippen molar-refractivity contribution in [1.82, 2.24) is 0 Å². The summed E-state index contributed by atoms with van der Waals surface area (Å²) in [7, 11) is 0. The lowest BCUT2D eigenvalue weighted by Crippen LogP contribution is -2.55. The fourth-order valence-electron chi connectivity index (χ4n) is 8.42. The largest absolute Gasteiger partial charge is 0.135 e. The first-order valence-electron chi connectivity index (χ1n) is 11.5. The molecule has 0 aliphatic heterocycles. The number of halogens is 1. The molecule has 4 fully saturated rings. The summed E-state index contributed by atoms with van der Waals surface area (Å²) in [4.78, 5) is 0. The molecule has 9 rings (SSSR count). The zero-order valence-corrected chi connectivity index (χ0v) is 18.4. The van der Waals surface area contributed by atoms with Crippen molar-refractivity contribution in [2.75, 3.05) is 0 Å². The SMILES string of the molecule is Clc1cccc2c1-c1cc3sc4ccccc4c3cc1C21C2CC3CC(C2)CC1C3. The standard InChI is InChI=1S/C28H23ClS/c29-24-6-3-5-22-27(24)21-14-26-20(19-4-1-2-7-25(19)30-26)13-23(21)28(22)17-9-15-8-16(11-17)12-18(28)10-15/h1-7,13-18H,8-12H2. The van der Waals surface area contributed by atoms with Crippen LogP contribution in [0.15, 0.2) is 54.6 Å². The van der Waals surface area contributed by atoms with Crippen LogP contribution in [0.4, 0.5) is 0 Å². The number of hydrogen-bond acceptors (Lipinski definition) is 1. The molecule has 1 aromatic heterocycles. The Morgan fingerprint density at radius 3 is 2.30 bits per heavy atom. The minimum atomic E-state index is 0.195. The molecule has 3 aromatic carbocycles. The van der Waals surface area contributed by atoms with Gasteiger partial charge >= 0.3 is 0 Å². The van der Waals surface area contributed by atoms with Crippen LogP contribution >= 0.6 is 22.9 Å². The van der Waals surface area contributed by atoms with Crippen molar-refractivity contribution in [3.8, 4) is 11.1 Å². The van der Waals surface area contributed by atoms with E-state index >= 15 is 0 Å². The summed E-state index contributed by atoms with van der Waals surface area (Å²) in [5, 5.41) is 3.81. The Balaban J connectivity index is 1.51. The van der Waals surface area contributed by atoms with Crippen LogP contribution in [-0.4, -0.2) is 0 Å². The van der Waals surface area contributed by atoms with E-state index < -0.39 is 0 Å². The van der Waals surface area contributed by atoms with Gasteiger partial charge in [-0.15, -0.1) is 11.3 Å². The highest BCUT2D eigenvalue weighted by molar-refractivity contribution is 7.25. The summed E-state index contributed by atoms with van der Waals surface area (Å²) in [5.41, 5.74) is 6.14. The van der Waals surface area contributed by atoms with Gasteiger partial charge in [0.1, 0.15) is 0 Å². The van der Waals surface area contributed by atoms with Crippen LogP contribution in [0, 0.1) is 23.7 Å². The van der Waals surface area contributed by atoms with E-state index in [9.17, 15) is 0 Å². The van der Waals surface area contributed by atoms with Crippen LogP contribution in [0.1, 0.15) is 43.2 Å². The van der Waals surface area contributed by atoms with E-state index in [0.717, 1.165) is 28.7 Å². The molecular weight excluding hydrogens is 404 g/mol. The Morgan fingerprint density at radius 1 is 0.733 bits per heavy atom. The second-order valence-electron chi connectivity index (χ2n) is 10.3. The molecule has 2 heteroatoms. The van der Waals surface area contributed by atoms with Crippen LogP contribution in [0.25, 0.3) is 31.3 Å². The second-order valence-corrected chi connectivity index (χ2v) is 11.8. The average molecular weight is 427 g/mol. The Kier molecular flexibility index (Phi) is 3.08. The minimum absolute atomic E-state index is 0.195. The molecule has 4 saturated carbocycles. The second kappa shape index (κ2) is 5.50. The topological polar surface area (TPSA) is 0 Å². The van der Waals surface area contributed by atoms with Gasteiger partial charge < -0.3 is 0 Å². The van der Waals surface area contributed by atoms with E-state index in [4.69, 9.17) is 11.6 Å². The van der Waals surface area contributed by atoms with E-state index in [2.05, 4.69) is 54.6 Å². The minimum Gasteiger partial charge on any atom is -0.135 e. The molecule has 0 nitrogen and oxygen atoms in total. The van der Waals surface area contributed by atoms with E-state index in [0.29, 0.717) is 0 Å². The fraction of sp³-hybridized carbons (Fsp3) is 0.357. The highest BCUT2D eigenvalue weighted by Crippen LogP contribution is 2.70. The molecule has 5 aliphatic rings. The third-order valence-electron chi connectivity index (χ3n) is 9.12. The van der Waals surface area contributed by atoms with Crippen molar-refractivity contribution in [1.29, 1.82) is 0 Å². The Morgan fingerprint density at radius 2 is 1.50 bits per heavy atom. The highest BCUT2D eigenvalue weighted by Gasteiger charge is 2.61. The molecule has 4 aromatic rings. The molecule has 30 heavy (non-hydrogen) atoms. The molecule has 148 valence electrons. The van der Waals surface area contributed by atoms with Crippen LogP contribution in [0.3, 0.4) is 0 Å². The predicted octanol–water partition coefficient (Wildman–Crippen LogP) is 8.43. The number of fused-ring (bicyclic) bond motifs is 6. The highest BCUT2D eigenvalue weighted by atomic mass is 35.5. The van der Waals surface area contributed by atoms with Crippen molar-refractivity contribution in [3.63, 3.8) is 0 Å². The molecule has 0 atom stereocenters. The summed E-state index contributed by atoms with van der Waals surface area (Å²) in [6, 6.07) is 20.7. The van der Waals surface area contributed by atoms with Gasteiger partial charge in [-0.05, 0) is 96.7 Å². The van der Waals surface area contributed by atoms with Crippen LogP contribution in [0.2, 0.25) is 5.02 Å². The third kappa shape index (κ3) is 1.83. The summed E-state index contributed by atoms with van der Waals surface area (Å²) < 4.78 is 2.80. The lowest BCUT2D eigenvalue weighted by Gasteiger charge is -2.61. The van der Waals surface area contributed by atoms with Crippen molar-refractivity contribution in [3.05, 3.63) is 70.7 Å². The quantitative estimate of drug-likeness (QED) is 0.264. The molecule has 1 heterocycles. The molecule has 0 amide bonds. The van der Waals surface area contributed by atoms with Gasteiger partial charge in [0.05, 0.1) is 0 Å². The summed E-state index contributed by atoms with van der Waals surface area (Å²) in [6.07, 6.45) is 7.16. The molecular formula is C28H23ClS. The first-order chi connectivity index (χ1) is 14.7. The van der Waals surface area contributed by atoms with Crippen molar-refractivity contribution in [2.45, 2.75) is 37.5 Å². The van der Waals surface area contributed by atoms with Gasteiger partial charge in [-0.3, -0.25) is 0 Å². The maximum absolute atomic E-state index is 6.93. The average Bonchev–Trinajstić information content (AvgIpc) is 3.24. The zero-order chi connectivity index (χ0) is 19.6. The Bertz CT molecular complexity index is 1350. The Labute approximate surface area is 185 Å². The monoisotopic (exact) mass is 426 g/mol. The lowest BCUT2D eigenvalue weighted by atomic mass is 9.43. The lowest BCUT2D eigenvalue weighted by molar-refractivity contribution is -0.0398. The van der Waals surface area contributed by atoms with Gasteiger partial charge in [-0.25, -0.2) is 0 Å². The van der Waals surface area contributed by atoms with E-state index in [1.807, 2.05) is 11.3 Å². The molecule has 1 spiro atoms. The first kappa shape index (κ1) is 16.8. The number of benzene rings is 3. The van der Waals surface area contributed by atoms with Gasteiger partial charge in [-0.2, -0.15) is 0 Å². The summed E-state index contributed by atoms with van der Waals surface area (Å²) >= 11 is 8.86. The van der Waals surface area contributed by atoms with Gasteiger partial charge in [-0.1, -0.05) is 41.9 Å². The smallest absolute Gasteiger partial charge is 0.0487 e. The maximum atomic E-state index is 6.93. The summed E-state index contributed by atoms with van der Waals surface area (Å²) in [6.45, 7) is 0. The summed E-state index contributed by atoms with van der Waals surface area (Å²) in [5.74, 6) is 3.51. The maximum Gasteiger partial charge on any atom is 0.0487 e. The third-order valence-corrected chi connectivity index (χ3v) is 10.6. The van der Waals surface area contributed by atoms with Crippen LogP contribution in [0.5, 0.6) is 0 Å². The van der Waals surface area contributed by atoms with E-state index in [1.54, 1.807) is 11.1 Å². The zero-order valence-electron chi connectivity index (χ0n) is 16.8. The molecule has 5 aliphatic carbocycles. The Hall–Kier alpha value is -1.83. The van der Waals surface area contributed by atoms with Gasteiger partial charge in [0.15, 0.2) is 0 Å². The van der Waals surface area contributed by atoms with Crippen molar-refractivity contribution >= 4 is 43.1 Å². The van der Waals surface area contributed by atoms with E-state index in [-0.39, 0.29) is 5.41 Å². The van der Waals surface area contributed by atoms with Crippen molar-refractivity contribution < 1.29 is 0 Å². The van der Waals surface area contributed by atoms with Gasteiger partial charge in [0.25, 0.3) is 0 Å². The molecule has 0 saturated heterocycles. The number of hydrogen-bond donors (Lipinski definition) is 0. The number of rotatable bonds is 0. The molecule has 4 bridgehead atoms.